The highest BCUT2D eigenvalue weighted by molar-refractivity contribution is 5.86. The van der Waals surface area contributed by atoms with Gasteiger partial charge in [0.15, 0.2) is 17.3 Å². The molecule has 0 atom stereocenters. The summed E-state index contributed by atoms with van der Waals surface area (Å²) in [5.74, 6) is 3.40. The Labute approximate surface area is 197 Å². The van der Waals surface area contributed by atoms with Crippen molar-refractivity contribution < 1.29 is 9.47 Å². The van der Waals surface area contributed by atoms with Gasteiger partial charge in [-0.1, -0.05) is 34.6 Å². The number of nitrogen functional groups attached to an aromatic ring is 1. The number of aryl methyl sites for hydroxylation is 2. The summed E-state index contributed by atoms with van der Waals surface area (Å²) in [6.07, 6.45) is 1.83. The fraction of sp³-hybridized carbons (Fsp3) is 0.520. The number of rotatable bonds is 5. The summed E-state index contributed by atoms with van der Waals surface area (Å²) in [5.41, 5.74) is 9.83. The van der Waals surface area contributed by atoms with Gasteiger partial charge in [-0.3, -0.25) is 0 Å². The molecule has 0 fully saturated rings. The van der Waals surface area contributed by atoms with E-state index in [2.05, 4.69) is 45.9 Å². The molecule has 0 spiro atoms. The molecule has 0 radical (unpaired) electrons. The highest BCUT2D eigenvalue weighted by Crippen LogP contribution is 2.35. The maximum Gasteiger partial charge on any atom is 0.231 e. The van der Waals surface area contributed by atoms with E-state index < -0.39 is 0 Å². The third-order valence-corrected chi connectivity index (χ3v) is 5.02. The Kier molecular flexibility index (Phi) is 9.34. The quantitative estimate of drug-likeness (QED) is 0.376. The van der Waals surface area contributed by atoms with Crippen LogP contribution in [0.1, 0.15) is 46.0 Å². The van der Waals surface area contributed by atoms with E-state index in [1.54, 1.807) is 6.07 Å². The largest absolute Gasteiger partial charge is 0.454 e. The second kappa shape index (κ2) is 11.7. The van der Waals surface area contributed by atoms with Gasteiger partial charge in [0, 0.05) is 44.6 Å². The van der Waals surface area contributed by atoms with Crippen molar-refractivity contribution in [3.05, 3.63) is 35.8 Å². The smallest absolute Gasteiger partial charge is 0.231 e. The van der Waals surface area contributed by atoms with Crippen LogP contribution in [0.4, 0.5) is 11.5 Å². The Bertz CT molecular complexity index is 1010. The molecule has 182 valence electrons. The van der Waals surface area contributed by atoms with E-state index in [-0.39, 0.29) is 0 Å². The van der Waals surface area contributed by atoms with E-state index >= 15 is 0 Å². The number of fused-ring (bicyclic) bond motifs is 2. The Hall–Kier alpha value is -3.00. The first-order chi connectivity index (χ1) is 15.7. The van der Waals surface area contributed by atoms with Crippen LogP contribution >= 0.6 is 0 Å². The van der Waals surface area contributed by atoms with Crippen LogP contribution in [-0.4, -0.2) is 41.5 Å². The molecule has 8 nitrogen and oxygen atoms in total. The first-order valence-electron chi connectivity index (χ1n) is 11.6. The number of ether oxygens (including phenoxy) is 2. The molecule has 3 heterocycles. The Morgan fingerprint density at radius 2 is 1.79 bits per heavy atom. The molecule has 4 N–H and O–H groups in total. The Balaban J connectivity index is 0.000000249. The van der Waals surface area contributed by atoms with Gasteiger partial charge in [0.1, 0.15) is 11.3 Å². The van der Waals surface area contributed by atoms with E-state index in [1.165, 1.54) is 0 Å². The Morgan fingerprint density at radius 3 is 2.42 bits per heavy atom. The van der Waals surface area contributed by atoms with Crippen LogP contribution in [0.2, 0.25) is 0 Å². The van der Waals surface area contributed by atoms with Gasteiger partial charge < -0.3 is 30.4 Å². The summed E-state index contributed by atoms with van der Waals surface area (Å²) in [6, 6.07) is 5.70. The maximum atomic E-state index is 5.66. The monoisotopic (exact) mass is 456 g/mol. The minimum absolute atomic E-state index is 0.304. The molecule has 33 heavy (non-hydrogen) atoms. The third kappa shape index (κ3) is 6.99. The highest BCUT2D eigenvalue weighted by Gasteiger charge is 2.14. The minimum Gasteiger partial charge on any atom is -0.454 e. The molecule has 0 bridgehead atoms. The fourth-order valence-corrected chi connectivity index (χ4v) is 3.35. The lowest BCUT2D eigenvalue weighted by Gasteiger charge is -2.19. The van der Waals surface area contributed by atoms with Gasteiger partial charge in [0.25, 0.3) is 0 Å². The number of pyridine rings is 1. The number of nitrogens with zero attached hydrogens (tertiary/aromatic N) is 3. The van der Waals surface area contributed by atoms with Crippen LogP contribution in [0.15, 0.2) is 24.4 Å². The van der Waals surface area contributed by atoms with Gasteiger partial charge in [0.05, 0.1) is 5.52 Å². The van der Waals surface area contributed by atoms with Gasteiger partial charge in [-0.05, 0) is 37.0 Å². The van der Waals surface area contributed by atoms with Crippen molar-refractivity contribution in [3.63, 3.8) is 0 Å². The van der Waals surface area contributed by atoms with Crippen LogP contribution in [-0.2, 0) is 6.54 Å². The number of imidazole rings is 1. The fourth-order valence-electron chi connectivity index (χ4n) is 3.35. The summed E-state index contributed by atoms with van der Waals surface area (Å²) in [6.45, 7) is 17.9. The molecule has 0 aliphatic carbocycles. The zero-order valence-corrected chi connectivity index (χ0v) is 21.4. The van der Waals surface area contributed by atoms with Crippen molar-refractivity contribution in [2.24, 2.45) is 5.41 Å². The summed E-state index contributed by atoms with van der Waals surface area (Å²) >= 11 is 0. The lowest BCUT2D eigenvalue weighted by molar-refractivity contribution is 0.174. The molecule has 4 rings (SSSR count). The van der Waals surface area contributed by atoms with Crippen LogP contribution < -0.4 is 25.8 Å². The zero-order chi connectivity index (χ0) is 24.6. The molecule has 2 aromatic heterocycles. The zero-order valence-electron chi connectivity index (χ0n) is 21.4. The van der Waals surface area contributed by atoms with Crippen molar-refractivity contribution in [1.82, 2.24) is 19.9 Å². The van der Waals surface area contributed by atoms with Crippen molar-refractivity contribution in [2.75, 3.05) is 38.0 Å². The van der Waals surface area contributed by atoms with Crippen LogP contribution in [0, 0.1) is 19.3 Å². The molecule has 0 unspecified atom stereocenters. The number of anilines is 2. The van der Waals surface area contributed by atoms with Crippen molar-refractivity contribution in [3.8, 4) is 11.5 Å². The normalized spacial score (nSPS) is 12.0. The number of hydrogen-bond donors (Lipinski definition) is 3. The average molecular weight is 457 g/mol. The van der Waals surface area contributed by atoms with Gasteiger partial charge in [-0.2, -0.15) is 0 Å². The lowest BCUT2D eigenvalue weighted by atomic mass is 9.97. The molecule has 1 aliphatic rings. The first-order valence-corrected chi connectivity index (χ1v) is 11.6. The van der Waals surface area contributed by atoms with Crippen LogP contribution in [0.3, 0.4) is 0 Å². The van der Waals surface area contributed by atoms with Crippen molar-refractivity contribution >= 4 is 22.5 Å². The van der Waals surface area contributed by atoms with Gasteiger partial charge in [0.2, 0.25) is 6.79 Å². The Morgan fingerprint density at radius 1 is 1.12 bits per heavy atom. The molecule has 1 aliphatic heterocycles. The van der Waals surface area contributed by atoms with E-state index in [0.29, 0.717) is 12.2 Å². The second-order valence-electron chi connectivity index (χ2n) is 8.89. The predicted octanol–water partition coefficient (Wildman–Crippen LogP) is 4.75. The lowest BCUT2D eigenvalue weighted by Crippen LogP contribution is -2.29. The number of nitrogens with two attached hydrogens (primary N) is 1. The third-order valence-electron chi connectivity index (χ3n) is 5.02. The highest BCUT2D eigenvalue weighted by atomic mass is 16.7. The average Bonchev–Trinajstić information content (AvgIpc) is 3.35. The summed E-state index contributed by atoms with van der Waals surface area (Å²) in [5, 5.41) is 6.60. The molecule has 0 amide bonds. The van der Waals surface area contributed by atoms with Gasteiger partial charge in [-0.15, -0.1) is 0 Å². The van der Waals surface area contributed by atoms with E-state index in [9.17, 15) is 0 Å². The predicted molar refractivity (Wildman–Crippen MR) is 137 cm³/mol. The number of nitrogens with one attached hydrogen (secondary N) is 2. The molecule has 0 saturated carbocycles. The molecule has 1 aromatic carbocycles. The van der Waals surface area contributed by atoms with E-state index in [1.807, 2.05) is 53.1 Å². The number of aromatic nitrogens is 3. The maximum absolute atomic E-state index is 5.66. The summed E-state index contributed by atoms with van der Waals surface area (Å²) < 4.78 is 12.5. The van der Waals surface area contributed by atoms with E-state index in [0.717, 1.165) is 65.1 Å². The summed E-state index contributed by atoms with van der Waals surface area (Å²) in [7, 11) is 1.88. The number of benzene rings is 1. The molecule has 8 heteroatoms. The second-order valence-corrected chi connectivity index (χ2v) is 8.89. The van der Waals surface area contributed by atoms with Gasteiger partial charge in [-0.25, -0.2) is 9.97 Å². The summed E-state index contributed by atoms with van der Waals surface area (Å²) in [4.78, 5) is 8.93. The van der Waals surface area contributed by atoms with Crippen LogP contribution in [0.5, 0.6) is 11.5 Å². The SMILES string of the molecule is CC.CNc1nccc2c1nc(C)n2CCNCC(C)(C)C.Cc1cc2c(cc1N)OCO2. The first kappa shape index (κ1) is 26.3. The topological polar surface area (TPSA) is 99.3 Å². The molecule has 3 aromatic rings. The van der Waals surface area contributed by atoms with E-state index in [4.69, 9.17) is 15.2 Å². The van der Waals surface area contributed by atoms with Crippen molar-refractivity contribution in [1.29, 1.82) is 0 Å². The molecular weight excluding hydrogens is 416 g/mol. The van der Waals surface area contributed by atoms with Crippen LogP contribution in [0.25, 0.3) is 11.0 Å². The number of hydrogen-bond acceptors (Lipinski definition) is 7. The molecular formula is C25H40N6O2. The van der Waals surface area contributed by atoms with Crippen molar-refractivity contribution in [2.45, 2.75) is 55.0 Å². The standard InChI is InChI=1S/C15H25N5.C8H9NO2.C2H6/c1-11-19-13-12(6-7-18-14(13)16-5)20(11)9-8-17-10-15(2,3)4;1-5-2-7-8(3-6(5)9)11-4-10-7;1-2/h6-7,17H,8-10H2,1-5H3,(H,16,18);2-3H,4,9H2,1H3;1-2H3. The van der Waals surface area contributed by atoms with Gasteiger partial charge >= 0.3 is 0 Å². The minimum atomic E-state index is 0.304. The molecule has 0 saturated heterocycles.